The first-order valence-electron chi connectivity index (χ1n) is 5.24. The van der Waals surface area contributed by atoms with Crippen LogP contribution in [0, 0.1) is 5.82 Å². The molecule has 82 valence electrons. The van der Waals surface area contributed by atoms with E-state index >= 15 is 0 Å². The highest BCUT2D eigenvalue weighted by Crippen LogP contribution is 2.39. The Morgan fingerprint density at radius 2 is 2.19 bits per heavy atom. The van der Waals surface area contributed by atoms with Gasteiger partial charge in [-0.05, 0) is 31.0 Å². The van der Waals surface area contributed by atoms with Gasteiger partial charge in [0.1, 0.15) is 11.6 Å². The first kappa shape index (κ1) is 10.0. The maximum atomic E-state index is 13.7. The van der Waals surface area contributed by atoms with Crippen molar-refractivity contribution in [3.05, 3.63) is 40.4 Å². The SMILES string of the molecule is Fc1cc(Br)ccc1-c1ncc(C2CC2)[nH]1. The summed E-state index contributed by atoms with van der Waals surface area (Å²) < 4.78 is 14.4. The lowest BCUT2D eigenvalue weighted by Gasteiger charge is -1.99. The second-order valence-electron chi connectivity index (χ2n) is 4.09. The molecule has 1 N–H and O–H groups in total. The molecule has 4 heteroatoms. The van der Waals surface area contributed by atoms with Gasteiger partial charge in [0.05, 0.1) is 5.56 Å². The Morgan fingerprint density at radius 3 is 2.88 bits per heavy atom. The zero-order valence-corrected chi connectivity index (χ0v) is 10.1. The Morgan fingerprint density at radius 1 is 1.38 bits per heavy atom. The van der Waals surface area contributed by atoms with Gasteiger partial charge in [0.15, 0.2) is 0 Å². The Balaban J connectivity index is 2.00. The van der Waals surface area contributed by atoms with E-state index in [1.807, 2.05) is 12.3 Å². The van der Waals surface area contributed by atoms with E-state index in [-0.39, 0.29) is 5.82 Å². The highest BCUT2D eigenvalue weighted by molar-refractivity contribution is 9.10. The van der Waals surface area contributed by atoms with Crippen LogP contribution in [0.3, 0.4) is 0 Å². The Bertz CT molecular complexity index is 532. The summed E-state index contributed by atoms with van der Waals surface area (Å²) in [7, 11) is 0. The lowest BCUT2D eigenvalue weighted by Crippen LogP contribution is -1.87. The minimum atomic E-state index is -0.258. The third-order valence-electron chi connectivity index (χ3n) is 2.80. The topological polar surface area (TPSA) is 28.7 Å². The van der Waals surface area contributed by atoms with Crippen molar-refractivity contribution in [3.8, 4) is 11.4 Å². The summed E-state index contributed by atoms with van der Waals surface area (Å²) in [6, 6.07) is 5.00. The molecule has 1 aliphatic carbocycles. The molecule has 2 aromatic rings. The molecule has 1 fully saturated rings. The van der Waals surface area contributed by atoms with Crippen molar-refractivity contribution >= 4 is 15.9 Å². The summed E-state index contributed by atoms with van der Waals surface area (Å²) in [4.78, 5) is 7.41. The zero-order chi connectivity index (χ0) is 11.1. The molecule has 0 radical (unpaired) electrons. The van der Waals surface area contributed by atoms with Gasteiger partial charge in [0.2, 0.25) is 0 Å². The summed E-state index contributed by atoms with van der Waals surface area (Å²) in [5.41, 5.74) is 1.65. The molecule has 3 rings (SSSR count). The number of benzene rings is 1. The molecule has 0 bridgehead atoms. The number of aromatic amines is 1. The number of aromatic nitrogens is 2. The van der Waals surface area contributed by atoms with Crippen LogP contribution in [0.2, 0.25) is 0 Å². The van der Waals surface area contributed by atoms with Crippen LogP contribution < -0.4 is 0 Å². The first-order valence-corrected chi connectivity index (χ1v) is 6.03. The molecule has 0 spiro atoms. The van der Waals surface area contributed by atoms with Crippen molar-refractivity contribution in [3.63, 3.8) is 0 Å². The van der Waals surface area contributed by atoms with E-state index in [4.69, 9.17) is 0 Å². The summed E-state index contributed by atoms with van der Waals surface area (Å²) >= 11 is 3.24. The second kappa shape index (κ2) is 3.70. The van der Waals surface area contributed by atoms with Crippen LogP contribution in [0.25, 0.3) is 11.4 Å². The van der Waals surface area contributed by atoms with Crippen molar-refractivity contribution in [1.29, 1.82) is 0 Å². The van der Waals surface area contributed by atoms with E-state index in [1.54, 1.807) is 6.07 Å². The fourth-order valence-corrected chi connectivity index (χ4v) is 2.09. The number of H-pyrrole nitrogens is 1. The molecule has 0 amide bonds. The van der Waals surface area contributed by atoms with Gasteiger partial charge in [-0.15, -0.1) is 0 Å². The van der Waals surface area contributed by atoms with E-state index in [2.05, 4.69) is 25.9 Å². The van der Waals surface area contributed by atoms with E-state index in [0.29, 0.717) is 17.3 Å². The standard InChI is InChI=1S/C12H10BrFN2/c13-8-3-4-9(10(14)5-8)12-15-6-11(16-12)7-1-2-7/h3-7H,1-2H2,(H,15,16). The third-order valence-corrected chi connectivity index (χ3v) is 3.29. The van der Waals surface area contributed by atoms with Gasteiger partial charge >= 0.3 is 0 Å². The van der Waals surface area contributed by atoms with Crippen molar-refractivity contribution in [2.24, 2.45) is 0 Å². The van der Waals surface area contributed by atoms with Gasteiger partial charge in [0.25, 0.3) is 0 Å². The van der Waals surface area contributed by atoms with Gasteiger partial charge in [0, 0.05) is 22.3 Å². The van der Waals surface area contributed by atoms with Crippen molar-refractivity contribution in [2.75, 3.05) is 0 Å². The fraction of sp³-hybridized carbons (Fsp3) is 0.250. The number of imidazole rings is 1. The number of nitrogens with one attached hydrogen (secondary N) is 1. The molecule has 1 heterocycles. The van der Waals surface area contributed by atoms with E-state index < -0.39 is 0 Å². The predicted molar refractivity (Wildman–Crippen MR) is 63.7 cm³/mol. The highest BCUT2D eigenvalue weighted by Gasteiger charge is 2.25. The number of hydrogen-bond acceptors (Lipinski definition) is 1. The largest absolute Gasteiger partial charge is 0.342 e. The number of halogens is 2. The Kier molecular flexibility index (Phi) is 2.32. The predicted octanol–water partition coefficient (Wildman–Crippen LogP) is 3.86. The number of rotatable bonds is 2. The van der Waals surface area contributed by atoms with Crippen molar-refractivity contribution < 1.29 is 4.39 Å². The summed E-state index contributed by atoms with van der Waals surface area (Å²) in [5, 5.41) is 0. The third kappa shape index (κ3) is 1.78. The Hall–Kier alpha value is -1.16. The fourth-order valence-electron chi connectivity index (χ4n) is 1.76. The average Bonchev–Trinajstić information content (AvgIpc) is 2.98. The molecule has 0 saturated heterocycles. The average molecular weight is 281 g/mol. The molecular weight excluding hydrogens is 271 g/mol. The van der Waals surface area contributed by atoms with Crippen LogP contribution in [0.15, 0.2) is 28.9 Å². The quantitative estimate of drug-likeness (QED) is 0.889. The summed E-state index contributed by atoms with van der Waals surface area (Å²) in [6.45, 7) is 0. The molecule has 0 atom stereocenters. The lowest BCUT2D eigenvalue weighted by molar-refractivity contribution is 0.629. The molecule has 1 aromatic heterocycles. The van der Waals surface area contributed by atoms with Gasteiger partial charge in [-0.3, -0.25) is 0 Å². The second-order valence-corrected chi connectivity index (χ2v) is 5.00. The zero-order valence-electron chi connectivity index (χ0n) is 8.50. The van der Waals surface area contributed by atoms with E-state index in [0.717, 1.165) is 10.2 Å². The maximum Gasteiger partial charge on any atom is 0.140 e. The van der Waals surface area contributed by atoms with Crippen LogP contribution in [0.5, 0.6) is 0 Å². The Labute approximate surface area is 101 Å². The van der Waals surface area contributed by atoms with Crippen molar-refractivity contribution in [1.82, 2.24) is 9.97 Å². The minimum Gasteiger partial charge on any atom is -0.342 e. The van der Waals surface area contributed by atoms with Crippen LogP contribution in [-0.2, 0) is 0 Å². The van der Waals surface area contributed by atoms with Crippen LogP contribution in [-0.4, -0.2) is 9.97 Å². The molecule has 1 saturated carbocycles. The van der Waals surface area contributed by atoms with Gasteiger partial charge in [-0.1, -0.05) is 15.9 Å². The molecule has 16 heavy (non-hydrogen) atoms. The normalized spacial score (nSPS) is 15.4. The van der Waals surface area contributed by atoms with Crippen LogP contribution >= 0.6 is 15.9 Å². The molecule has 0 unspecified atom stereocenters. The maximum absolute atomic E-state index is 13.7. The summed E-state index contributed by atoms with van der Waals surface area (Å²) in [6.07, 6.45) is 4.24. The number of nitrogens with zero attached hydrogens (tertiary/aromatic N) is 1. The molecule has 2 nitrogen and oxygen atoms in total. The summed E-state index contributed by atoms with van der Waals surface area (Å²) in [5.74, 6) is 0.970. The first-order chi connectivity index (χ1) is 7.74. The van der Waals surface area contributed by atoms with Gasteiger partial charge in [-0.2, -0.15) is 0 Å². The monoisotopic (exact) mass is 280 g/mol. The van der Waals surface area contributed by atoms with E-state index in [1.165, 1.54) is 18.9 Å². The number of hydrogen-bond donors (Lipinski definition) is 1. The molecule has 1 aromatic carbocycles. The molecule has 0 aliphatic heterocycles. The highest BCUT2D eigenvalue weighted by atomic mass is 79.9. The molecule has 1 aliphatic rings. The van der Waals surface area contributed by atoms with Gasteiger partial charge < -0.3 is 4.98 Å². The lowest BCUT2D eigenvalue weighted by atomic mass is 10.2. The smallest absolute Gasteiger partial charge is 0.140 e. The molecular formula is C12H10BrFN2. The van der Waals surface area contributed by atoms with Crippen LogP contribution in [0.4, 0.5) is 4.39 Å². The van der Waals surface area contributed by atoms with Gasteiger partial charge in [-0.25, -0.2) is 9.37 Å². The van der Waals surface area contributed by atoms with Crippen LogP contribution in [0.1, 0.15) is 24.5 Å². The minimum absolute atomic E-state index is 0.258. The van der Waals surface area contributed by atoms with Crippen molar-refractivity contribution in [2.45, 2.75) is 18.8 Å². The van der Waals surface area contributed by atoms with E-state index in [9.17, 15) is 4.39 Å².